The maximum absolute atomic E-state index is 5.85. The maximum atomic E-state index is 5.85. The second-order valence-electron chi connectivity index (χ2n) is 4.20. The van der Waals surface area contributed by atoms with Crippen molar-refractivity contribution in [2.24, 2.45) is 0 Å². The van der Waals surface area contributed by atoms with Gasteiger partial charge in [-0.3, -0.25) is 0 Å². The minimum absolute atomic E-state index is 0.707. The lowest BCUT2D eigenvalue weighted by atomic mass is 9.89. The van der Waals surface area contributed by atoms with E-state index in [0.29, 0.717) is 5.92 Å². The standard InChI is InChI=1S/C12H18N2/c1-9-6-11(8-12(13)7-9)10-2-4-14-5-3-10/h6-8,10,14H,2-5,13H2,1H3. The highest BCUT2D eigenvalue weighted by atomic mass is 14.9. The topological polar surface area (TPSA) is 38.0 Å². The molecule has 0 unspecified atom stereocenters. The summed E-state index contributed by atoms with van der Waals surface area (Å²) in [5.41, 5.74) is 9.45. The molecule has 0 aliphatic carbocycles. The number of rotatable bonds is 1. The molecule has 2 nitrogen and oxygen atoms in total. The molecule has 0 atom stereocenters. The molecule has 0 saturated carbocycles. The van der Waals surface area contributed by atoms with Gasteiger partial charge in [-0.1, -0.05) is 6.07 Å². The number of anilines is 1. The summed E-state index contributed by atoms with van der Waals surface area (Å²) in [5, 5.41) is 3.38. The first-order valence-corrected chi connectivity index (χ1v) is 5.33. The van der Waals surface area contributed by atoms with Crippen LogP contribution in [-0.2, 0) is 0 Å². The molecular weight excluding hydrogens is 172 g/mol. The summed E-state index contributed by atoms with van der Waals surface area (Å²) >= 11 is 0. The predicted octanol–water partition coefficient (Wildman–Crippen LogP) is 2.04. The number of nitrogens with two attached hydrogens (primary N) is 1. The molecule has 0 radical (unpaired) electrons. The molecule has 0 bridgehead atoms. The van der Waals surface area contributed by atoms with Crippen LogP contribution in [0.15, 0.2) is 18.2 Å². The van der Waals surface area contributed by atoms with Crippen molar-refractivity contribution in [1.82, 2.24) is 5.32 Å². The van der Waals surface area contributed by atoms with Crippen LogP contribution in [0.1, 0.15) is 29.9 Å². The van der Waals surface area contributed by atoms with E-state index in [2.05, 4.69) is 24.4 Å². The first-order chi connectivity index (χ1) is 6.75. The molecule has 14 heavy (non-hydrogen) atoms. The molecule has 1 aliphatic heterocycles. The Kier molecular flexibility index (Phi) is 2.73. The summed E-state index contributed by atoms with van der Waals surface area (Å²) in [6.45, 7) is 4.39. The zero-order valence-corrected chi connectivity index (χ0v) is 8.72. The normalized spacial score (nSPS) is 18.4. The van der Waals surface area contributed by atoms with Crippen LogP contribution in [0.25, 0.3) is 0 Å². The second kappa shape index (κ2) is 4.01. The molecule has 1 aromatic rings. The Morgan fingerprint density at radius 3 is 2.57 bits per heavy atom. The Morgan fingerprint density at radius 2 is 1.93 bits per heavy atom. The molecule has 1 heterocycles. The Hall–Kier alpha value is -1.02. The lowest BCUT2D eigenvalue weighted by Crippen LogP contribution is -2.26. The van der Waals surface area contributed by atoms with E-state index in [4.69, 9.17) is 5.73 Å². The fourth-order valence-corrected chi connectivity index (χ4v) is 2.23. The van der Waals surface area contributed by atoms with Gasteiger partial charge in [-0.2, -0.15) is 0 Å². The lowest BCUT2D eigenvalue weighted by Gasteiger charge is -2.23. The summed E-state index contributed by atoms with van der Waals surface area (Å²) in [7, 11) is 0. The molecule has 1 aliphatic rings. The number of nitrogens with one attached hydrogen (secondary N) is 1. The van der Waals surface area contributed by atoms with E-state index < -0.39 is 0 Å². The smallest absolute Gasteiger partial charge is 0.0319 e. The fraction of sp³-hybridized carbons (Fsp3) is 0.500. The zero-order chi connectivity index (χ0) is 9.97. The molecule has 3 N–H and O–H groups in total. The SMILES string of the molecule is Cc1cc(N)cc(C2CCNCC2)c1. The van der Waals surface area contributed by atoms with Crippen LogP contribution in [-0.4, -0.2) is 13.1 Å². The molecule has 0 amide bonds. The molecular formula is C12H18N2. The van der Waals surface area contributed by atoms with Gasteiger partial charge in [0.05, 0.1) is 0 Å². The first kappa shape index (κ1) is 9.53. The van der Waals surface area contributed by atoms with Crippen molar-refractivity contribution >= 4 is 5.69 Å². The van der Waals surface area contributed by atoms with Crippen molar-refractivity contribution in [2.45, 2.75) is 25.7 Å². The van der Waals surface area contributed by atoms with E-state index in [1.165, 1.54) is 24.0 Å². The van der Waals surface area contributed by atoms with E-state index in [0.717, 1.165) is 18.8 Å². The number of nitrogen functional groups attached to an aromatic ring is 1. The van der Waals surface area contributed by atoms with Crippen molar-refractivity contribution in [3.8, 4) is 0 Å². The third-order valence-electron chi connectivity index (χ3n) is 2.93. The van der Waals surface area contributed by atoms with Gasteiger partial charge in [0.2, 0.25) is 0 Å². The van der Waals surface area contributed by atoms with E-state index in [1.54, 1.807) is 0 Å². The van der Waals surface area contributed by atoms with Crippen molar-refractivity contribution in [2.75, 3.05) is 18.8 Å². The largest absolute Gasteiger partial charge is 0.399 e. The third-order valence-corrected chi connectivity index (χ3v) is 2.93. The van der Waals surface area contributed by atoms with Gasteiger partial charge in [0.15, 0.2) is 0 Å². The molecule has 2 rings (SSSR count). The Balaban J connectivity index is 2.21. The third kappa shape index (κ3) is 2.07. The molecule has 2 heteroatoms. The Labute approximate surface area is 85.5 Å². The van der Waals surface area contributed by atoms with E-state index in [1.807, 2.05) is 6.07 Å². The van der Waals surface area contributed by atoms with Gasteiger partial charge < -0.3 is 11.1 Å². The van der Waals surface area contributed by atoms with Crippen LogP contribution < -0.4 is 11.1 Å². The monoisotopic (exact) mass is 190 g/mol. The van der Waals surface area contributed by atoms with E-state index in [9.17, 15) is 0 Å². The van der Waals surface area contributed by atoms with Gasteiger partial charge in [0, 0.05) is 5.69 Å². The Bertz CT molecular complexity index is 294. The highest BCUT2D eigenvalue weighted by Gasteiger charge is 2.15. The number of hydrogen-bond donors (Lipinski definition) is 2. The van der Waals surface area contributed by atoms with Crippen molar-refractivity contribution < 1.29 is 0 Å². The highest BCUT2D eigenvalue weighted by Crippen LogP contribution is 2.27. The maximum Gasteiger partial charge on any atom is 0.0319 e. The molecule has 1 saturated heterocycles. The second-order valence-corrected chi connectivity index (χ2v) is 4.20. The van der Waals surface area contributed by atoms with Crippen LogP contribution in [0.5, 0.6) is 0 Å². The molecule has 1 aromatic carbocycles. The molecule has 1 fully saturated rings. The van der Waals surface area contributed by atoms with Gasteiger partial charge in [-0.05, 0) is 62.0 Å². The van der Waals surface area contributed by atoms with Gasteiger partial charge >= 0.3 is 0 Å². The van der Waals surface area contributed by atoms with Crippen LogP contribution in [0.3, 0.4) is 0 Å². The van der Waals surface area contributed by atoms with Crippen LogP contribution in [0.2, 0.25) is 0 Å². The minimum atomic E-state index is 0.707. The minimum Gasteiger partial charge on any atom is -0.399 e. The van der Waals surface area contributed by atoms with E-state index >= 15 is 0 Å². The average molecular weight is 190 g/mol. The van der Waals surface area contributed by atoms with Gasteiger partial charge in [0.1, 0.15) is 0 Å². The summed E-state index contributed by atoms with van der Waals surface area (Å²) in [5.74, 6) is 0.707. The van der Waals surface area contributed by atoms with Crippen molar-refractivity contribution in [3.05, 3.63) is 29.3 Å². The van der Waals surface area contributed by atoms with Crippen molar-refractivity contribution in [1.29, 1.82) is 0 Å². The quantitative estimate of drug-likeness (QED) is 0.665. The number of aryl methyl sites for hydroxylation is 1. The molecule has 0 aromatic heterocycles. The molecule has 0 spiro atoms. The van der Waals surface area contributed by atoms with Crippen LogP contribution in [0, 0.1) is 6.92 Å². The highest BCUT2D eigenvalue weighted by molar-refractivity contribution is 5.45. The Morgan fingerprint density at radius 1 is 1.21 bits per heavy atom. The van der Waals surface area contributed by atoms with Gasteiger partial charge in [0.25, 0.3) is 0 Å². The molecule has 76 valence electrons. The first-order valence-electron chi connectivity index (χ1n) is 5.33. The summed E-state index contributed by atoms with van der Waals surface area (Å²) in [6, 6.07) is 6.43. The van der Waals surface area contributed by atoms with Gasteiger partial charge in [-0.15, -0.1) is 0 Å². The zero-order valence-electron chi connectivity index (χ0n) is 8.72. The predicted molar refractivity (Wildman–Crippen MR) is 60.4 cm³/mol. The lowest BCUT2D eigenvalue weighted by molar-refractivity contribution is 0.460. The van der Waals surface area contributed by atoms with Crippen LogP contribution in [0.4, 0.5) is 5.69 Å². The number of hydrogen-bond acceptors (Lipinski definition) is 2. The summed E-state index contributed by atoms with van der Waals surface area (Å²) < 4.78 is 0. The number of piperidine rings is 1. The fourth-order valence-electron chi connectivity index (χ4n) is 2.23. The number of benzene rings is 1. The summed E-state index contributed by atoms with van der Waals surface area (Å²) in [4.78, 5) is 0. The van der Waals surface area contributed by atoms with Gasteiger partial charge in [-0.25, -0.2) is 0 Å². The van der Waals surface area contributed by atoms with Crippen molar-refractivity contribution in [3.63, 3.8) is 0 Å². The summed E-state index contributed by atoms with van der Waals surface area (Å²) in [6.07, 6.45) is 2.48. The average Bonchev–Trinajstić information content (AvgIpc) is 2.18. The van der Waals surface area contributed by atoms with E-state index in [-0.39, 0.29) is 0 Å². The van der Waals surface area contributed by atoms with Crippen LogP contribution >= 0.6 is 0 Å².